The number of urea groups is 1. The summed E-state index contributed by atoms with van der Waals surface area (Å²) in [6, 6.07) is 6.23. The van der Waals surface area contributed by atoms with Crippen molar-refractivity contribution in [2.24, 2.45) is 5.41 Å². The molecule has 0 radical (unpaired) electrons. The minimum absolute atomic E-state index is 0.442. The van der Waals surface area contributed by atoms with E-state index >= 15 is 0 Å². The highest BCUT2D eigenvalue weighted by Crippen LogP contribution is 2.30. The van der Waals surface area contributed by atoms with Gasteiger partial charge in [0, 0.05) is 4.47 Å². The molecule has 1 unspecified atom stereocenters. The van der Waals surface area contributed by atoms with Crippen molar-refractivity contribution in [1.29, 1.82) is 0 Å². The number of imide groups is 2. The zero-order valence-electron chi connectivity index (χ0n) is 11.4. The molecule has 1 aromatic carbocycles. The van der Waals surface area contributed by atoms with Gasteiger partial charge < -0.3 is 0 Å². The maximum Gasteiger partial charge on any atom is 0.331 e. The average molecular weight is 339 g/mol. The Morgan fingerprint density at radius 3 is 2.25 bits per heavy atom. The Morgan fingerprint density at radius 1 is 1.15 bits per heavy atom. The Balaban J connectivity index is 2.35. The molecule has 1 saturated heterocycles. The fourth-order valence-corrected chi connectivity index (χ4v) is 2.31. The molecule has 1 aromatic rings. The molecule has 5 nitrogen and oxygen atoms in total. The first kappa shape index (κ1) is 14.7. The number of nitrogens with one attached hydrogen (secondary N) is 1. The zero-order valence-corrected chi connectivity index (χ0v) is 13.0. The third kappa shape index (κ3) is 2.35. The molecule has 0 saturated carbocycles. The van der Waals surface area contributed by atoms with Gasteiger partial charge in [-0.25, -0.2) is 4.79 Å². The lowest BCUT2D eigenvalue weighted by Crippen LogP contribution is -2.62. The van der Waals surface area contributed by atoms with Crippen molar-refractivity contribution in [3.05, 3.63) is 34.3 Å². The van der Waals surface area contributed by atoms with Crippen molar-refractivity contribution in [3.63, 3.8) is 0 Å². The van der Waals surface area contributed by atoms with Crippen LogP contribution >= 0.6 is 15.9 Å². The van der Waals surface area contributed by atoms with Gasteiger partial charge in [0.25, 0.3) is 0 Å². The molecule has 0 spiro atoms. The summed E-state index contributed by atoms with van der Waals surface area (Å²) in [5, 5.41) is 2.23. The SMILES string of the molecule is CC(c1ccc(Br)cc1)N1C(=O)NC(=O)C(C)(C)C1=O. The molecule has 2 rings (SSSR count). The Hall–Kier alpha value is -1.69. The minimum atomic E-state index is -1.24. The largest absolute Gasteiger partial charge is 0.331 e. The number of amides is 4. The predicted octanol–water partition coefficient (Wildman–Crippen LogP) is 2.61. The number of nitrogens with zero attached hydrogens (tertiary/aromatic N) is 1. The molecule has 1 fully saturated rings. The number of hydrogen-bond acceptors (Lipinski definition) is 3. The maximum absolute atomic E-state index is 12.4. The van der Waals surface area contributed by atoms with E-state index in [2.05, 4.69) is 21.2 Å². The zero-order chi connectivity index (χ0) is 15.1. The standard InChI is InChI=1S/C14H15BrN2O3/c1-8(9-4-6-10(15)7-5-9)17-12(19)14(2,3)11(18)16-13(17)20/h4-8H,1-3H3,(H,16,18,20). The summed E-state index contributed by atoms with van der Waals surface area (Å²) in [5.41, 5.74) is -0.417. The third-order valence-corrected chi connectivity index (χ3v) is 4.03. The predicted molar refractivity (Wildman–Crippen MR) is 76.7 cm³/mol. The Labute approximate surface area is 125 Å². The minimum Gasteiger partial charge on any atom is -0.277 e. The molecular weight excluding hydrogens is 324 g/mol. The van der Waals surface area contributed by atoms with Crippen LogP contribution < -0.4 is 5.32 Å². The maximum atomic E-state index is 12.4. The lowest BCUT2D eigenvalue weighted by Gasteiger charge is -2.38. The molecule has 6 heteroatoms. The number of barbiturate groups is 1. The number of halogens is 1. The number of rotatable bonds is 2. The van der Waals surface area contributed by atoms with Gasteiger partial charge in [0.15, 0.2) is 0 Å². The summed E-state index contributed by atoms with van der Waals surface area (Å²) >= 11 is 3.34. The van der Waals surface area contributed by atoms with Crippen LogP contribution in [0.15, 0.2) is 28.7 Å². The molecule has 0 aliphatic carbocycles. The monoisotopic (exact) mass is 338 g/mol. The highest BCUT2D eigenvalue weighted by atomic mass is 79.9. The van der Waals surface area contributed by atoms with Gasteiger partial charge in [0.1, 0.15) is 5.41 Å². The Bertz CT molecular complexity index is 581. The van der Waals surface area contributed by atoms with Gasteiger partial charge >= 0.3 is 6.03 Å². The summed E-state index contributed by atoms with van der Waals surface area (Å²) < 4.78 is 0.915. The second kappa shape index (κ2) is 5.01. The summed E-state index contributed by atoms with van der Waals surface area (Å²) in [4.78, 5) is 37.1. The van der Waals surface area contributed by atoms with Gasteiger partial charge in [0.2, 0.25) is 11.8 Å². The molecule has 1 aliphatic heterocycles. The molecule has 0 bridgehead atoms. The van der Waals surface area contributed by atoms with E-state index in [1.54, 1.807) is 6.92 Å². The van der Waals surface area contributed by atoms with Crippen molar-refractivity contribution < 1.29 is 14.4 Å². The Morgan fingerprint density at radius 2 is 1.70 bits per heavy atom. The number of benzene rings is 1. The number of hydrogen-bond donors (Lipinski definition) is 1. The van der Waals surface area contributed by atoms with Gasteiger partial charge in [-0.3, -0.25) is 19.8 Å². The van der Waals surface area contributed by atoms with Gasteiger partial charge in [-0.05, 0) is 38.5 Å². The van der Waals surface area contributed by atoms with E-state index < -0.39 is 29.3 Å². The van der Waals surface area contributed by atoms with Crippen LogP contribution in [0.25, 0.3) is 0 Å². The van der Waals surface area contributed by atoms with Crippen LogP contribution in [0, 0.1) is 5.41 Å². The molecular formula is C14H15BrN2O3. The van der Waals surface area contributed by atoms with Crippen molar-refractivity contribution in [2.75, 3.05) is 0 Å². The quantitative estimate of drug-likeness (QED) is 0.843. The molecule has 106 valence electrons. The average Bonchev–Trinajstić information content (AvgIpc) is 2.37. The fraction of sp³-hybridized carbons (Fsp3) is 0.357. The van der Waals surface area contributed by atoms with Crippen LogP contribution in [0.1, 0.15) is 32.4 Å². The van der Waals surface area contributed by atoms with Crippen LogP contribution in [0.2, 0.25) is 0 Å². The molecule has 20 heavy (non-hydrogen) atoms. The van der Waals surface area contributed by atoms with E-state index in [0.717, 1.165) is 14.9 Å². The van der Waals surface area contributed by atoms with E-state index in [0.29, 0.717) is 0 Å². The summed E-state index contributed by atoms with van der Waals surface area (Å²) in [6.45, 7) is 4.78. The van der Waals surface area contributed by atoms with Crippen LogP contribution in [0.4, 0.5) is 4.79 Å². The molecule has 1 atom stereocenters. The molecule has 1 aliphatic rings. The van der Waals surface area contributed by atoms with Crippen LogP contribution in [-0.2, 0) is 9.59 Å². The van der Waals surface area contributed by atoms with Crippen molar-refractivity contribution in [3.8, 4) is 0 Å². The van der Waals surface area contributed by atoms with Crippen molar-refractivity contribution in [1.82, 2.24) is 10.2 Å². The lowest BCUT2D eigenvalue weighted by atomic mass is 9.87. The van der Waals surface area contributed by atoms with Crippen molar-refractivity contribution in [2.45, 2.75) is 26.8 Å². The van der Waals surface area contributed by atoms with E-state index in [4.69, 9.17) is 0 Å². The van der Waals surface area contributed by atoms with E-state index in [1.165, 1.54) is 13.8 Å². The van der Waals surface area contributed by atoms with Crippen LogP contribution in [0.5, 0.6) is 0 Å². The third-order valence-electron chi connectivity index (χ3n) is 3.50. The number of carbonyl (C=O) groups is 3. The van der Waals surface area contributed by atoms with E-state index in [9.17, 15) is 14.4 Å². The van der Waals surface area contributed by atoms with Crippen molar-refractivity contribution >= 4 is 33.8 Å². The van der Waals surface area contributed by atoms with Gasteiger partial charge in [0.05, 0.1) is 6.04 Å². The molecule has 1 heterocycles. The lowest BCUT2D eigenvalue weighted by molar-refractivity contribution is -0.150. The first-order chi connectivity index (χ1) is 9.25. The van der Waals surface area contributed by atoms with E-state index in [1.807, 2.05) is 24.3 Å². The van der Waals surface area contributed by atoms with Crippen LogP contribution in [0.3, 0.4) is 0 Å². The van der Waals surface area contributed by atoms with E-state index in [-0.39, 0.29) is 0 Å². The molecule has 4 amide bonds. The highest BCUT2D eigenvalue weighted by Gasteiger charge is 2.48. The molecule has 1 N–H and O–H groups in total. The summed E-state index contributed by atoms with van der Waals surface area (Å²) in [6.07, 6.45) is 0. The number of carbonyl (C=O) groups excluding carboxylic acids is 3. The first-order valence-corrected chi connectivity index (χ1v) is 6.99. The summed E-state index contributed by atoms with van der Waals surface area (Å²) in [5.74, 6) is -1.05. The second-order valence-corrected chi connectivity index (χ2v) is 6.20. The highest BCUT2D eigenvalue weighted by molar-refractivity contribution is 9.10. The second-order valence-electron chi connectivity index (χ2n) is 5.29. The normalized spacial score (nSPS) is 19.8. The van der Waals surface area contributed by atoms with Gasteiger partial charge in [-0.15, -0.1) is 0 Å². The molecule has 0 aromatic heterocycles. The first-order valence-electron chi connectivity index (χ1n) is 6.19. The topological polar surface area (TPSA) is 66.5 Å². The van der Waals surface area contributed by atoms with Crippen LogP contribution in [-0.4, -0.2) is 22.7 Å². The smallest absolute Gasteiger partial charge is 0.277 e. The summed E-state index contributed by atoms with van der Waals surface area (Å²) in [7, 11) is 0. The fourth-order valence-electron chi connectivity index (χ4n) is 2.05. The van der Waals surface area contributed by atoms with Gasteiger partial charge in [-0.2, -0.15) is 0 Å². The Kier molecular flexibility index (Phi) is 3.69. The van der Waals surface area contributed by atoms with Gasteiger partial charge in [-0.1, -0.05) is 28.1 Å².